The van der Waals surface area contributed by atoms with Gasteiger partial charge < -0.3 is 15.3 Å². The minimum Gasteiger partial charge on any atom is -0.465 e. The van der Waals surface area contributed by atoms with E-state index in [1.165, 1.54) is 11.0 Å². The Bertz CT molecular complexity index is 1040. The van der Waals surface area contributed by atoms with Crippen LogP contribution in [0.3, 0.4) is 0 Å². The zero-order valence-corrected chi connectivity index (χ0v) is 15.7. The molecule has 1 fully saturated rings. The molecule has 1 aliphatic rings. The maximum atomic E-state index is 14.4. The average molecular weight is 401 g/mol. The second kappa shape index (κ2) is 7.59. The summed E-state index contributed by atoms with van der Waals surface area (Å²) in [5, 5.41) is 13.6. The van der Waals surface area contributed by atoms with Gasteiger partial charge in [-0.3, -0.25) is 0 Å². The summed E-state index contributed by atoms with van der Waals surface area (Å²) in [6, 6.07) is 11.7. The number of fused-ring (bicyclic) bond motifs is 1. The van der Waals surface area contributed by atoms with E-state index in [2.05, 4.69) is 15.3 Å². The maximum Gasteiger partial charge on any atom is 0.407 e. The number of nitrogens with one attached hydrogen (secondary N) is 1. The van der Waals surface area contributed by atoms with Crippen molar-refractivity contribution in [3.05, 3.63) is 53.3 Å². The van der Waals surface area contributed by atoms with Crippen molar-refractivity contribution >= 4 is 34.5 Å². The molecule has 0 unspecified atom stereocenters. The number of aromatic nitrogens is 2. The molecule has 144 valence electrons. The van der Waals surface area contributed by atoms with Crippen molar-refractivity contribution in [1.29, 1.82) is 0 Å². The van der Waals surface area contributed by atoms with Crippen LogP contribution < -0.4 is 5.32 Å². The van der Waals surface area contributed by atoms with E-state index >= 15 is 0 Å². The first kappa shape index (κ1) is 18.4. The molecule has 2 aromatic carbocycles. The predicted octanol–water partition coefficient (Wildman–Crippen LogP) is 4.64. The van der Waals surface area contributed by atoms with E-state index in [1.54, 1.807) is 36.4 Å². The van der Waals surface area contributed by atoms with E-state index in [1.807, 2.05) is 0 Å². The summed E-state index contributed by atoms with van der Waals surface area (Å²) in [5.41, 5.74) is 1.50. The monoisotopic (exact) mass is 400 g/mol. The lowest BCUT2D eigenvalue weighted by Crippen LogP contribution is -2.41. The van der Waals surface area contributed by atoms with Gasteiger partial charge in [0.2, 0.25) is 5.95 Å². The molecule has 0 saturated carbocycles. The Hall–Kier alpha value is -2.93. The first-order chi connectivity index (χ1) is 13.5. The number of nitrogens with zero attached hydrogens (tertiary/aromatic N) is 3. The molecule has 28 heavy (non-hydrogen) atoms. The Morgan fingerprint density at radius 2 is 1.93 bits per heavy atom. The van der Waals surface area contributed by atoms with Crippen LogP contribution in [0.5, 0.6) is 0 Å². The van der Waals surface area contributed by atoms with E-state index in [9.17, 15) is 9.18 Å². The number of carboxylic acid groups (broad SMARTS) is 1. The second-order valence-electron chi connectivity index (χ2n) is 6.73. The van der Waals surface area contributed by atoms with Gasteiger partial charge >= 0.3 is 6.09 Å². The Morgan fingerprint density at radius 3 is 2.64 bits per heavy atom. The molecule has 0 atom stereocenters. The maximum absolute atomic E-state index is 14.4. The third-order valence-corrected chi connectivity index (χ3v) is 5.12. The molecular formula is C20H18ClFN4O2. The molecule has 4 rings (SSSR count). The third-order valence-electron chi connectivity index (χ3n) is 4.89. The van der Waals surface area contributed by atoms with E-state index < -0.39 is 6.09 Å². The minimum absolute atomic E-state index is 0.0498. The lowest BCUT2D eigenvalue weighted by molar-refractivity contribution is 0.133. The van der Waals surface area contributed by atoms with Crippen molar-refractivity contribution in [2.24, 2.45) is 0 Å². The van der Waals surface area contributed by atoms with Crippen molar-refractivity contribution in [3.63, 3.8) is 0 Å². The van der Waals surface area contributed by atoms with Crippen molar-refractivity contribution in [1.82, 2.24) is 14.9 Å². The van der Waals surface area contributed by atoms with Gasteiger partial charge in [-0.2, -0.15) is 0 Å². The Morgan fingerprint density at radius 1 is 1.18 bits per heavy atom. The van der Waals surface area contributed by atoms with Crippen LogP contribution in [-0.2, 0) is 0 Å². The Labute approximate surface area is 166 Å². The molecule has 1 amide bonds. The van der Waals surface area contributed by atoms with Gasteiger partial charge in [0.1, 0.15) is 5.82 Å². The zero-order chi connectivity index (χ0) is 19.7. The van der Waals surface area contributed by atoms with Crippen LogP contribution in [-0.4, -0.2) is 45.2 Å². The average Bonchev–Trinajstić information content (AvgIpc) is 2.68. The van der Waals surface area contributed by atoms with Crippen LogP contribution in [0.15, 0.2) is 42.5 Å². The molecule has 0 spiro atoms. The van der Waals surface area contributed by atoms with Crippen LogP contribution >= 0.6 is 11.6 Å². The summed E-state index contributed by atoms with van der Waals surface area (Å²) in [7, 11) is 0. The van der Waals surface area contributed by atoms with E-state index in [-0.39, 0.29) is 11.9 Å². The van der Waals surface area contributed by atoms with Crippen molar-refractivity contribution < 1.29 is 14.3 Å². The summed E-state index contributed by atoms with van der Waals surface area (Å²) < 4.78 is 14.4. The summed E-state index contributed by atoms with van der Waals surface area (Å²) in [5.74, 6) is 0.0186. The zero-order valence-electron chi connectivity index (χ0n) is 14.9. The number of amides is 1. The number of likely N-dealkylation sites (tertiary alicyclic amines) is 1. The van der Waals surface area contributed by atoms with E-state index in [4.69, 9.17) is 16.7 Å². The molecule has 0 aliphatic carbocycles. The Kier molecular flexibility index (Phi) is 5.00. The SMILES string of the molecule is O=C(O)N1CCC(Nc2nc(-c3ccccc3F)c3cc(Cl)ccc3n2)CC1. The van der Waals surface area contributed by atoms with Crippen LogP contribution in [0.2, 0.25) is 5.02 Å². The lowest BCUT2D eigenvalue weighted by atomic mass is 10.0. The van der Waals surface area contributed by atoms with Crippen LogP contribution in [0.4, 0.5) is 15.1 Å². The normalized spacial score (nSPS) is 15.0. The van der Waals surface area contributed by atoms with Crippen molar-refractivity contribution in [2.75, 3.05) is 18.4 Å². The first-order valence-electron chi connectivity index (χ1n) is 8.98. The van der Waals surface area contributed by atoms with Crippen molar-refractivity contribution in [3.8, 4) is 11.3 Å². The van der Waals surface area contributed by atoms with Gasteiger partial charge in [-0.15, -0.1) is 0 Å². The number of anilines is 1. The third kappa shape index (κ3) is 3.71. The molecule has 2 heterocycles. The fourth-order valence-electron chi connectivity index (χ4n) is 3.42. The summed E-state index contributed by atoms with van der Waals surface area (Å²) in [6.45, 7) is 0.909. The number of hydrogen-bond donors (Lipinski definition) is 2. The number of benzene rings is 2. The topological polar surface area (TPSA) is 78.4 Å². The van der Waals surface area contributed by atoms with Gasteiger partial charge in [0.15, 0.2) is 0 Å². The molecule has 6 nitrogen and oxygen atoms in total. The molecule has 1 aliphatic heterocycles. The highest BCUT2D eigenvalue weighted by Crippen LogP contribution is 2.31. The van der Waals surface area contributed by atoms with Gasteiger partial charge in [-0.05, 0) is 43.2 Å². The fourth-order valence-corrected chi connectivity index (χ4v) is 3.59. The molecule has 1 aromatic heterocycles. The predicted molar refractivity (Wildman–Crippen MR) is 106 cm³/mol. The number of carbonyl (C=O) groups is 1. The number of piperidine rings is 1. The van der Waals surface area contributed by atoms with Gasteiger partial charge in [0.25, 0.3) is 0 Å². The minimum atomic E-state index is -0.904. The largest absolute Gasteiger partial charge is 0.465 e. The number of hydrogen-bond acceptors (Lipinski definition) is 4. The van der Waals surface area contributed by atoms with Crippen LogP contribution in [0.1, 0.15) is 12.8 Å². The Balaban J connectivity index is 1.70. The van der Waals surface area contributed by atoms with Crippen LogP contribution in [0, 0.1) is 5.82 Å². The van der Waals surface area contributed by atoms with Gasteiger partial charge in [-0.25, -0.2) is 19.2 Å². The van der Waals surface area contributed by atoms with E-state index in [0.29, 0.717) is 59.1 Å². The molecule has 3 aromatic rings. The van der Waals surface area contributed by atoms with Crippen LogP contribution in [0.25, 0.3) is 22.2 Å². The molecule has 0 radical (unpaired) electrons. The molecule has 1 saturated heterocycles. The van der Waals surface area contributed by atoms with Gasteiger partial charge in [0, 0.05) is 35.1 Å². The summed E-state index contributed by atoms with van der Waals surface area (Å²) in [4.78, 5) is 21.6. The highest BCUT2D eigenvalue weighted by Gasteiger charge is 2.23. The molecular weight excluding hydrogens is 383 g/mol. The molecule has 2 N–H and O–H groups in total. The second-order valence-corrected chi connectivity index (χ2v) is 7.16. The quantitative estimate of drug-likeness (QED) is 0.669. The summed E-state index contributed by atoms with van der Waals surface area (Å²) >= 11 is 6.13. The van der Waals surface area contributed by atoms with Crippen molar-refractivity contribution in [2.45, 2.75) is 18.9 Å². The highest BCUT2D eigenvalue weighted by molar-refractivity contribution is 6.31. The first-order valence-corrected chi connectivity index (χ1v) is 9.35. The van der Waals surface area contributed by atoms with Gasteiger partial charge in [0.05, 0.1) is 11.2 Å². The summed E-state index contributed by atoms with van der Waals surface area (Å²) in [6.07, 6.45) is 0.409. The van der Waals surface area contributed by atoms with Gasteiger partial charge in [-0.1, -0.05) is 23.7 Å². The standard InChI is InChI=1S/C20H18ClFN4O2/c21-12-5-6-17-15(11-12)18(14-3-1-2-4-16(14)22)25-19(24-17)23-13-7-9-26(10-8-13)20(27)28/h1-6,11,13H,7-10H2,(H,27,28)(H,23,24,25). The lowest BCUT2D eigenvalue weighted by Gasteiger charge is -2.30. The number of rotatable bonds is 3. The smallest absolute Gasteiger partial charge is 0.407 e. The fraction of sp³-hybridized carbons (Fsp3) is 0.250. The molecule has 8 heteroatoms. The molecule has 0 bridgehead atoms. The highest BCUT2D eigenvalue weighted by atomic mass is 35.5. The number of halogens is 2. The van der Waals surface area contributed by atoms with E-state index in [0.717, 1.165) is 0 Å².